The standard InChI is InChI=1S/C14H14N2O3S/c17-11-8-12-16(11)13(14(18)19)10(20-12)6-7-15-9-4-2-1-3-5-9/h1-5,12,15H,6-8H2,(H,18,19)/t12-/m0/s1. The molecule has 1 fully saturated rings. The summed E-state index contributed by atoms with van der Waals surface area (Å²) in [5, 5.41) is 12.5. The summed E-state index contributed by atoms with van der Waals surface area (Å²) < 4.78 is 0. The number of carbonyl (C=O) groups is 2. The van der Waals surface area contributed by atoms with E-state index in [9.17, 15) is 14.7 Å². The lowest BCUT2D eigenvalue weighted by atomic mass is 10.1. The lowest BCUT2D eigenvalue weighted by molar-refractivity contribution is -0.145. The van der Waals surface area contributed by atoms with Gasteiger partial charge in [0, 0.05) is 17.1 Å². The van der Waals surface area contributed by atoms with Crippen LogP contribution in [0.1, 0.15) is 12.8 Å². The normalized spacial score (nSPS) is 20.7. The van der Waals surface area contributed by atoms with E-state index < -0.39 is 5.97 Å². The second-order valence-electron chi connectivity index (χ2n) is 4.66. The summed E-state index contributed by atoms with van der Waals surface area (Å²) in [6, 6.07) is 9.76. The molecule has 2 aliphatic heterocycles. The Morgan fingerprint density at radius 3 is 2.80 bits per heavy atom. The molecule has 1 aromatic carbocycles. The molecule has 1 aromatic rings. The lowest BCUT2D eigenvalue weighted by Crippen LogP contribution is -2.48. The average Bonchev–Trinajstić information content (AvgIpc) is 2.73. The first-order valence-corrected chi connectivity index (χ1v) is 7.29. The molecule has 2 N–H and O–H groups in total. The summed E-state index contributed by atoms with van der Waals surface area (Å²) in [6.45, 7) is 0.651. The smallest absolute Gasteiger partial charge is 0.353 e. The Labute approximate surface area is 120 Å². The molecule has 2 aliphatic rings. The highest BCUT2D eigenvalue weighted by Crippen LogP contribution is 2.47. The van der Waals surface area contributed by atoms with Crippen molar-refractivity contribution in [2.24, 2.45) is 0 Å². The summed E-state index contributed by atoms with van der Waals surface area (Å²) in [6.07, 6.45) is 1.05. The second-order valence-corrected chi connectivity index (χ2v) is 5.93. The van der Waals surface area contributed by atoms with Crippen LogP contribution in [0.4, 0.5) is 5.69 Å². The number of nitrogens with zero attached hydrogens (tertiary/aromatic N) is 1. The number of amides is 1. The number of nitrogens with one attached hydrogen (secondary N) is 1. The molecule has 3 rings (SSSR count). The maximum absolute atomic E-state index is 11.5. The highest BCUT2D eigenvalue weighted by molar-refractivity contribution is 8.04. The van der Waals surface area contributed by atoms with Gasteiger partial charge in [0.25, 0.3) is 0 Å². The van der Waals surface area contributed by atoms with Crippen LogP contribution < -0.4 is 5.32 Å². The van der Waals surface area contributed by atoms with Crippen LogP contribution in [0.15, 0.2) is 40.9 Å². The summed E-state index contributed by atoms with van der Waals surface area (Å²) in [5.41, 5.74) is 1.18. The third-order valence-electron chi connectivity index (χ3n) is 3.35. The highest BCUT2D eigenvalue weighted by atomic mass is 32.2. The van der Waals surface area contributed by atoms with Crippen LogP contribution in [0, 0.1) is 0 Å². The third kappa shape index (κ3) is 2.27. The number of carboxylic acids is 1. The van der Waals surface area contributed by atoms with Crippen molar-refractivity contribution in [3.05, 3.63) is 40.9 Å². The molecule has 0 bridgehead atoms. The van der Waals surface area contributed by atoms with E-state index in [4.69, 9.17) is 0 Å². The Kier molecular flexibility index (Phi) is 3.40. The molecule has 0 unspecified atom stereocenters. The van der Waals surface area contributed by atoms with E-state index in [1.54, 1.807) is 0 Å². The monoisotopic (exact) mass is 290 g/mol. The van der Waals surface area contributed by atoms with E-state index in [1.165, 1.54) is 16.7 Å². The Bertz CT molecular complexity index is 585. The number of β-lactam (4-membered cyclic amide) rings is 1. The quantitative estimate of drug-likeness (QED) is 0.813. The van der Waals surface area contributed by atoms with Crippen molar-refractivity contribution >= 4 is 29.3 Å². The first-order valence-electron chi connectivity index (χ1n) is 6.41. The minimum Gasteiger partial charge on any atom is -0.477 e. The first kappa shape index (κ1) is 13.1. The van der Waals surface area contributed by atoms with Crippen LogP contribution in [0.2, 0.25) is 0 Å². The van der Waals surface area contributed by atoms with Crippen molar-refractivity contribution in [3.63, 3.8) is 0 Å². The Balaban J connectivity index is 1.65. The summed E-state index contributed by atoms with van der Waals surface area (Å²) >= 11 is 1.50. The fourth-order valence-electron chi connectivity index (χ4n) is 2.38. The molecule has 20 heavy (non-hydrogen) atoms. The minimum atomic E-state index is -1.01. The zero-order valence-corrected chi connectivity index (χ0v) is 11.5. The van der Waals surface area contributed by atoms with E-state index in [0.29, 0.717) is 19.4 Å². The summed E-state index contributed by atoms with van der Waals surface area (Å²) in [7, 11) is 0. The molecule has 0 saturated carbocycles. The maximum Gasteiger partial charge on any atom is 0.353 e. The molecule has 0 aromatic heterocycles. The zero-order valence-electron chi connectivity index (χ0n) is 10.7. The minimum absolute atomic E-state index is 0.000301. The van der Waals surface area contributed by atoms with Crippen LogP contribution in [0.25, 0.3) is 0 Å². The van der Waals surface area contributed by atoms with E-state index in [1.807, 2.05) is 30.3 Å². The van der Waals surface area contributed by atoms with Crippen molar-refractivity contribution in [2.45, 2.75) is 18.2 Å². The van der Waals surface area contributed by atoms with Gasteiger partial charge in [-0.25, -0.2) is 4.79 Å². The number of carboxylic acid groups (broad SMARTS) is 1. The number of hydrogen-bond acceptors (Lipinski definition) is 4. The van der Waals surface area contributed by atoms with Crippen LogP contribution in [0.3, 0.4) is 0 Å². The van der Waals surface area contributed by atoms with Gasteiger partial charge in [0.05, 0.1) is 11.8 Å². The van der Waals surface area contributed by atoms with Gasteiger partial charge >= 0.3 is 5.97 Å². The molecule has 2 heterocycles. The largest absolute Gasteiger partial charge is 0.477 e. The number of fused-ring (bicyclic) bond motifs is 1. The molecule has 5 nitrogen and oxygen atoms in total. The zero-order chi connectivity index (χ0) is 14.1. The first-order chi connectivity index (χ1) is 9.66. The van der Waals surface area contributed by atoms with Gasteiger partial charge in [0.2, 0.25) is 5.91 Å². The molecule has 0 spiro atoms. The van der Waals surface area contributed by atoms with E-state index >= 15 is 0 Å². The number of anilines is 1. The molecule has 1 amide bonds. The van der Waals surface area contributed by atoms with Gasteiger partial charge in [0.15, 0.2) is 0 Å². The molecule has 0 aliphatic carbocycles. The molecular weight excluding hydrogens is 276 g/mol. The number of hydrogen-bond donors (Lipinski definition) is 2. The fourth-order valence-corrected chi connectivity index (χ4v) is 3.78. The third-order valence-corrected chi connectivity index (χ3v) is 4.68. The number of carbonyl (C=O) groups excluding carboxylic acids is 1. The number of para-hydroxylation sites is 1. The molecule has 104 valence electrons. The Hall–Kier alpha value is -1.95. The molecular formula is C14H14N2O3S. The van der Waals surface area contributed by atoms with Gasteiger partial charge in [-0.2, -0.15) is 0 Å². The molecule has 0 radical (unpaired) electrons. The van der Waals surface area contributed by atoms with E-state index in [2.05, 4.69) is 5.32 Å². The Morgan fingerprint density at radius 2 is 2.15 bits per heavy atom. The lowest BCUT2D eigenvalue weighted by Gasteiger charge is -2.33. The van der Waals surface area contributed by atoms with E-state index in [-0.39, 0.29) is 17.0 Å². The summed E-state index contributed by atoms with van der Waals surface area (Å²) in [4.78, 5) is 25.0. The van der Waals surface area contributed by atoms with Gasteiger partial charge in [-0.15, -0.1) is 11.8 Å². The molecule has 1 saturated heterocycles. The number of rotatable bonds is 5. The highest BCUT2D eigenvalue weighted by Gasteiger charge is 2.47. The van der Waals surface area contributed by atoms with Crippen molar-refractivity contribution < 1.29 is 14.7 Å². The van der Waals surface area contributed by atoms with E-state index in [0.717, 1.165) is 10.6 Å². The second kappa shape index (κ2) is 5.20. The van der Waals surface area contributed by atoms with Crippen molar-refractivity contribution in [3.8, 4) is 0 Å². The fraction of sp³-hybridized carbons (Fsp3) is 0.286. The van der Waals surface area contributed by atoms with Crippen molar-refractivity contribution in [1.29, 1.82) is 0 Å². The van der Waals surface area contributed by atoms with Gasteiger partial charge < -0.3 is 10.4 Å². The van der Waals surface area contributed by atoms with Crippen molar-refractivity contribution in [1.82, 2.24) is 4.90 Å². The predicted molar refractivity (Wildman–Crippen MR) is 77.1 cm³/mol. The predicted octanol–water partition coefficient (Wildman–Crippen LogP) is 2.09. The molecule has 1 atom stereocenters. The van der Waals surface area contributed by atoms with Crippen LogP contribution in [-0.2, 0) is 9.59 Å². The maximum atomic E-state index is 11.5. The van der Waals surface area contributed by atoms with Gasteiger partial charge in [-0.1, -0.05) is 18.2 Å². The average molecular weight is 290 g/mol. The molecule has 6 heteroatoms. The van der Waals surface area contributed by atoms with Crippen LogP contribution in [0.5, 0.6) is 0 Å². The topological polar surface area (TPSA) is 69.6 Å². The number of benzene rings is 1. The summed E-state index contributed by atoms with van der Waals surface area (Å²) in [5.74, 6) is -1.10. The van der Waals surface area contributed by atoms with Gasteiger partial charge in [0.1, 0.15) is 5.70 Å². The van der Waals surface area contributed by atoms with Crippen LogP contribution >= 0.6 is 11.8 Å². The van der Waals surface area contributed by atoms with Gasteiger partial charge in [-0.05, 0) is 18.6 Å². The van der Waals surface area contributed by atoms with Crippen molar-refractivity contribution in [2.75, 3.05) is 11.9 Å². The SMILES string of the molecule is O=C(O)C1=C(CCNc2ccccc2)S[C@H]2CC(=O)N12. The Morgan fingerprint density at radius 1 is 1.40 bits per heavy atom. The number of thioether (sulfide) groups is 1. The van der Waals surface area contributed by atoms with Gasteiger partial charge in [-0.3, -0.25) is 9.69 Å². The van der Waals surface area contributed by atoms with Crippen LogP contribution in [-0.4, -0.2) is 33.8 Å². The number of aliphatic carboxylic acids is 1.